The lowest BCUT2D eigenvalue weighted by Gasteiger charge is -2.45. The van der Waals surface area contributed by atoms with Crippen molar-refractivity contribution in [1.82, 2.24) is 14.7 Å². The molecule has 136 valence electrons. The van der Waals surface area contributed by atoms with E-state index in [-0.39, 0.29) is 0 Å². The average Bonchev–Trinajstić information content (AvgIpc) is 3.16. The molecule has 4 rings (SSSR count). The van der Waals surface area contributed by atoms with E-state index in [1.807, 2.05) is 0 Å². The summed E-state index contributed by atoms with van der Waals surface area (Å²) in [6.45, 7) is 6.85. The number of hydrogen-bond acceptors (Lipinski definition) is 4. The second kappa shape index (κ2) is 7.71. The molecule has 4 aliphatic rings. The Balaban J connectivity index is 1.33. The maximum Gasteiger partial charge on any atom is 0.237 e. The molecule has 4 fully saturated rings. The number of nitrogens with zero attached hydrogens (tertiary/aromatic N) is 3. The molecule has 3 heterocycles. The molecule has 3 unspecified atom stereocenters. The summed E-state index contributed by atoms with van der Waals surface area (Å²) in [5, 5.41) is 0. The first-order chi connectivity index (χ1) is 11.8. The Morgan fingerprint density at radius 1 is 0.917 bits per heavy atom. The molecule has 1 amide bonds. The van der Waals surface area contributed by atoms with Crippen LogP contribution in [0.15, 0.2) is 0 Å². The van der Waals surface area contributed by atoms with E-state index < -0.39 is 0 Å². The van der Waals surface area contributed by atoms with Gasteiger partial charge < -0.3 is 9.64 Å². The monoisotopic (exact) mass is 335 g/mol. The van der Waals surface area contributed by atoms with Gasteiger partial charge in [-0.15, -0.1) is 0 Å². The molecule has 3 aliphatic heterocycles. The highest BCUT2D eigenvalue weighted by molar-refractivity contribution is 5.78. The van der Waals surface area contributed by atoms with Gasteiger partial charge in [0.2, 0.25) is 5.91 Å². The minimum absolute atomic E-state index is 0.301. The minimum atomic E-state index is 0.301. The van der Waals surface area contributed by atoms with E-state index in [4.69, 9.17) is 4.74 Å². The Morgan fingerprint density at radius 3 is 2.62 bits per heavy atom. The van der Waals surface area contributed by atoms with Gasteiger partial charge in [-0.2, -0.15) is 0 Å². The number of ether oxygens (including phenoxy) is 1. The van der Waals surface area contributed by atoms with Crippen molar-refractivity contribution >= 4 is 5.91 Å². The van der Waals surface area contributed by atoms with Gasteiger partial charge in [0.15, 0.2) is 0 Å². The third-order valence-electron chi connectivity index (χ3n) is 6.55. The van der Waals surface area contributed by atoms with Gasteiger partial charge in [0.25, 0.3) is 0 Å². The zero-order valence-electron chi connectivity index (χ0n) is 15.0. The van der Waals surface area contributed by atoms with Crippen molar-refractivity contribution in [1.29, 1.82) is 0 Å². The van der Waals surface area contributed by atoms with Crippen molar-refractivity contribution in [3.63, 3.8) is 0 Å². The van der Waals surface area contributed by atoms with E-state index in [9.17, 15) is 4.79 Å². The van der Waals surface area contributed by atoms with Crippen LogP contribution in [0.1, 0.15) is 51.4 Å². The number of hydrogen-bond donors (Lipinski definition) is 0. The molecule has 1 saturated carbocycles. The number of piperidine rings is 1. The summed E-state index contributed by atoms with van der Waals surface area (Å²) < 4.78 is 5.92. The third kappa shape index (κ3) is 3.63. The summed E-state index contributed by atoms with van der Waals surface area (Å²) in [4.78, 5) is 20.2. The summed E-state index contributed by atoms with van der Waals surface area (Å²) in [6.07, 6.45) is 10.3. The summed E-state index contributed by atoms with van der Waals surface area (Å²) in [7, 11) is 0. The summed E-state index contributed by atoms with van der Waals surface area (Å²) in [6, 6.07) is 1.03. The highest BCUT2D eigenvalue weighted by Crippen LogP contribution is 2.29. The molecule has 0 aromatic rings. The molecule has 24 heavy (non-hydrogen) atoms. The van der Waals surface area contributed by atoms with Crippen LogP contribution in [0, 0.1) is 0 Å². The Kier molecular flexibility index (Phi) is 5.40. The first-order valence-electron chi connectivity index (χ1n) is 10.2. The molecular weight excluding hydrogens is 302 g/mol. The van der Waals surface area contributed by atoms with Crippen molar-refractivity contribution in [2.45, 2.75) is 69.6 Å². The molecule has 0 radical (unpaired) electrons. The van der Waals surface area contributed by atoms with Crippen LogP contribution in [-0.4, -0.2) is 84.7 Å². The zero-order valence-corrected chi connectivity index (χ0v) is 15.0. The van der Waals surface area contributed by atoms with Crippen molar-refractivity contribution in [2.75, 3.05) is 45.9 Å². The third-order valence-corrected chi connectivity index (χ3v) is 6.55. The Bertz CT molecular complexity index is 436. The largest absolute Gasteiger partial charge is 0.374 e. The quantitative estimate of drug-likeness (QED) is 0.787. The number of amides is 1. The fourth-order valence-corrected chi connectivity index (χ4v) is 5.27. The van der Waals surface area contributed by atoms with Crippen LogP contribution in [0.3, 0.4) is 0 Å². The molecule has 3 saturated heterocycles. The lowest BCUT2D eigenvalue weighted by atomic mass is 9.90. The zero-order chi connectivity index (χ0) is 16.4. The van der Waals surface area contributed by atoms with Gasteiger partial charge in [-0.05, 0) is 58.2 Å². The van der Waals surface area contributed by atoms with Crippen LogP contribution in [0.2, 0.25) is 0 Å². The van der Waals surface area contributed by atoms with Crippen molar-refractivity contribution in [2.24, 2.45) is 0 Å². The topological polar surface area (TPSA) is 36.0 Å². The molecule has 5 nitrogen and oxygen atoms in total. The van der Waals surface area contributed by atoms with Gasteiger partial charge >= 0.3 is 0 Å². The van der Waals surface area contributed by atoms with Crippen molar-refractivity contribution in [3.8, 4) is 0 Å². The smallest absolute Gasteiger partial charge is 0.237 e. The number of carbonyl (C=O) groups excluding carboxylic acids is 1. The normalized spacial score (nSPS) is 35.8. The van der Waals surface area contributed by atoms with E-state index in [0.717, 1.165) is 39.1 Å². The minimum Gasteiger partial charge on any atom is -0.374 e. The molecule has 0 aromatic heterocycles. The summed E-state index contributed by atoms with van der Waals surface area (Å²) in [5.74, 6) is 0.345. The van der Waals surface area contributed by atoms with E-state index in [1.54, 1.807) is 0 Å². The number of fused-ring (bicyclic) bond motifs is 1. The Hall–Kier alpha value is -0.650. The average molecular weight is 335 g/mol. The lowest BCUT2D eigenvalue weighted by molar-refractivity contribution is -0.151. The second-order valence-corrected chi connectivity index (χ2v) is 8.12. The fraction of sp³-hybridized carbons (Fsp3) is 0.947. The SMILES string of the molecule is O=C(CN1CCCC(N2CCCC2)C1)N1CCOC2CCCCC21. The number of carbonyl (C=O) groups is 1. The van der Waals surface area contributed by atoms with Crippen LogP contribution >= 0.6 is 0 Å². The van der Waals surface area contributed by atoms with Crippen LogP contribution in [0.5, 0.6) is 0 Å². The van der Waals surface area contributed by atoms with E-state index in [2.05, 4.69) is 14.7 Å². The number of rotatable bonds is 3. The van der Waals surface area contributed by atoms with Gasteiger partial charge in [-0.25, -0.2) is 0 Å². The first kappa shape index (κ1) is 16.8. The molecule has 3 atom stereocenters. The molecule has 0 N–H and O–H groups in total. The highest BCUT2D eigenvalue weighted by atomic mass is 16.5. The molecule has 0 bridgehead atoms. The molecule has 0 aromatic carbocycles. The van der Waals surface area contributed by atoms with Crippen LogP contribution in [0.4, 0.5) is 0 Å². The predicted molar refractivity (Wildman–Crippen MR) is 94.0 cm³/mol. The van der Waals surface area contributed by atoms with Crippen LogP contribution < -0.4 is 0 Å². The molecular formula is C19H33N3O2. The summed E-state index contributed by atoms with van der Waals surface area (Å²) in [5.41, 5.74) is 0. The van der Waals surface area contributed by atoms with Gasteiger partial charge in [-0.3, -0.25) is 14.6 Å². The number of morpholine rings is 1. The van der Waals surface area contributed by atoms with Gasteiger partial charge in [0.05, 0.1) is 25.3 Å². The first-order valence-corrected chi connectivity index (χ1v) is 10.2. The lowest BCUT2D eigenvalue weighted by Crippen LogP contribution is -2.57. The standard InChI is InChI=1S/C19H33N3O2/c23-19(22-12-13-24-18-8-2-1-7-17(18)22)15-20-9-5-6-16(14-20)21-10-3-4-11-21/h16-18H,1-15H2. The Morgan fingerprint density at radius 2 is 1.75 bits per heavy atom. The van der Waals surface area contributed by atoms with Gasteiger partial charge in [-0.1, -0.05) is 12.8 Å². The van der Waals surface area contributed by atoms with Gasteiger partial charge in [0.1, 0.15) is 0 Å². The Labute approximate surface area is 146 Å². The second-order valence-electron chi connectivity index (χ2n) is 8.12. The van der Waals surface area contributed by atoms with E-state index in [0.29, 0.717) is 30.6 Å². The molecule has 5 heteroatoms. The van der Waals surface area contributed by atoms with Crippen molar-refractivity contribution in [3.05, 3.63) is 0 Å². The van der Waals surface area contributed by atoms with Crippen LogP contribution in [-0.2, 0) is 9.53 Å². The molecule has 1 aliphatic carbocycles. The maximum absolute atomic E-state index is 13.0. The molecule has 0 spiro atoms. The van der Waals surface area contributed by atoms with Crippen LogP contribution in [0.25, 0.3) is 0 Å². The highest BCUT2D eigenvalue weighted by Gasteiger charge is 2.37. The van der Waals surface area contributed by atoms with E-state index in [1.165, 1.54) is 51.6 Å². The van der Waals surface area contributed by atoms with Crippen molar-refractivity contribution < 1.29 is 9.53 Å². The summed E-state index contributed by atoms with van der Waals surface area (Å²) >= 11 is 0. The van der Waals surface area contributed by atoms with Gasteiger partial charge in [0, 0.05) is 19.1 Å². The number of likely N-dealkylation sites (tertiary alicyclic amines) is 2. The maximum atomic E-state index is 13.0. The fourth-order valence-electron chi connectivity index (χ4n) is 5.27. The predicted octanol–water partition coefficient (Wildman–Crippen LogP) is 1.72. The van der Waals surface area contributed by atoms with E-state index >= 15 is 0 Å².